The number of rotatable bonds is 11. The molecular weight excluding hydrogens is 352 g/mol. The maximum atomic E-state index is 12.9. The Balaban J connectivity index is 2.03. The number of carbonyl (C=O) groups is 2. The van der Waals surface area contributed by atoms with Crippen molar-refractivity contribution in [3.8, 4) is 5.75 Å². The van der Waals surface area contributed by atoms with Crippen LogP contribution in [0.25, 0.3) is 10.8 Å². The summed E-state index contributed by atoms with van der Waals surface area (Å²) in [4.78, 5) is 25.7. The zero-order valence-corrected chi connectivity index (χ0v) is 17.3. The second kappa shape index (κ2) is 10.8. The summed E-state index contributed by atoms with van der Waals surface area (Å²) in [5.74, 6) is -0.565. The van der Waals surface area contributed by atoms with Gasteiger partial charge >= 0.3 is 11.9 Å². The fraction of sp³-hybridized carbons (Fsp3) is 0.500. The highest BCUT2D eigenvalue weighted by atomic mass is 16.6. The molecule has 0 aromatic heterocycles. The molecule has 4 nitrogen and oxygen atoms in total. The molecule has 0 aliphatic carbocycles. The molecule has 0 heterocycles. The first kappa shape index (κ1) is 21.9. The van der Waals surface area contributed by atoms with E-state index in [9.17, 15) is 9.59 Å². The van der Waals surface area contributed by atoms with Crippen molar-refractivity contribution in [2.45, 2.75) is 65.7 Å². The van der Waals surface area contributed by atoms with E-state index >= 15 is 0 Å². The Hall–Kier alpha value is -2.36. The zero-order valence-electron chi connectivity index (χ0n) is 17.3. The van der Waals surface area contributed by atoms with Crippen molar-refractivity contribution in [2.75, 3.05) is 6.61 Å². The summed E-state index contributed by atoms with van der Waals surface area (Å²) < 4.78 is 11.1. The van der Waals surface area contributed by atoms with Crippen LogP contribution in [0.1, 0.15) is 65.7 Å². The second-order valence-electron chi connectivity index (χ2n) is 7.24. The lowest BCUT2D eigenvalue weighted by Crippen LogP contribution is -2.42. The van der Waals surface area contributed by atoms with Crippen molar-refractivity contribution in [3.63, 3.8) is 0 Å². The largest absolute Gasteiger partial charge is 0.465 e. The third kappa shape index (κ3) is 5.34. The summed E-state index contributed by atoms with van der Waals surface area (Å²) in [6.45, 7) is 6.17. The number of unbranched alkanes of at least 4 members (excludes halogenated alkanes) is 4. The molecule has 152 valence electrons. The van der Waals surface area contributed by atoms with Crippen molar-refractivity contribution in [2.24, 2.45) is 5.41 Å². The van der Waals surface area contributed by atoms with Gasteiger partial charge in [-0.15, -0.1) is 0 Å². The Morgan fingerprint density at radius 3 is 2.18 bits per heavy atom. The SMILES string of the molecule is CCCCCCCOC(=O)C(CC)(CC)C(=O)Oc1ccc2ccccc2c1. The van der Waals surface area contributed by atoms with Gasteiger partial charge in [-0.25, -0.2) is 0 Å². The van der Waals surface area contributed by atoms with E-state index in [0.717, 1.165) is 30.0 Å². The number of benzene rings is 2. The van der Waals surface area contributed by atoms with E-state index in [1.807, 2.05) is 50.2 Å². The van der Waals surface area contributed by atoms with Crippen LogP contribution in [0.2, 0.25) is 0 Å². The summed E-state index contributed by atoms with van der Waals surface area (Å²) in [7, 11) is 0. The van der Waals surface area contributed by atoms with Gasteiger partial charge in [0, 0.05) is 0 Å². The first-order chi connectivity index (χ1) is 13.6. The Kier molecular flexibility index (Phi) is 8.49. The number of ether oxygens (including phenoxy) is 2. The molecule has 0 saturated heterocycles. The van der Waals surface area contributed by atoms with Gasteiger partial charge in [0.15, 0.2) is 5.41 Å². The van der Waals surface area contributed by atoms with Crippen molar-refractivity contribution < 1.29 is 19.1 Å². The summed E-state index contributed by atoms with van der Waals surface area (Å²) in [6, 6.07) is 13.4. The maximum Gasteiger partial charge on any atom is 0.328 e. The first-order valence-electron chi connectivity index (χ1n) is 10.5. The topological polar surface area (TPSA) is 52.6 Å². The molecule has 4 heteroatoms. The highest BCUT2D eigenvalue weighted by Crippen LogP contribution is 2.32. The van der Waals surface area contributed by atoms with Crippen LogP contribution in [0.3, 0.4) is 0 Å². The van der Waals surface area contributed by atoms with Gasteiger partial charge in [0.2, 0.25) is 0 Å². The number of hydrogen-bond acceptors (Lipinski definition) is 4. The molecular formula is C24H32O4. The summed E-state index contributed by atoms with van der Waals surface area (Å²) in [5, 5.41) is 2.06. The minimum Gasteiger partial charge on any atom is -0.465 e. The molecule has 0 spiro atoms. The van der Waals surface area contributed by atoms with Gasteiger partial charge in [0.05, 0.1) is 6.61 Å². The minimum atomic E-state index is -1.25. The van der Waals surface area contributed by atoms with Crippen LogP contribution in [-0.4, -0.2) is 18.5 Å². The predicted molar refractivity (Wildman–Crippen MR) is 112 cm³/mol. The molecule has 2 aromatic rings. The van der Waals surface area contributed by atoms with Crippen LogP contribution in [0.5, 0.6) is 5.75 Å². The summed E-state index contributed by atoms with van der Waals surface area (Å²) in [5.41, 5.74) is -1.25. The van der Waals surface area contributed by atoms with E-state index < -0.39 is 17.4 Å². The van der Waals surface area contributed by atoms with E-state index in [1.54, 1.807) is 6.07 Å². The van der Waals surface area contributed by atoms with Crippen LogP contribution in [0, 0.1) is 5.41 Å². The number of carbonyl (C=O) groups excluding carboxylic acids is 2. The van der Waals surface area contributed by atoms with Crippen LogP contribution >= 0.6 is 0 Å². The number of esters is 2. The highest BCUT2D eigenvalue weighted by molar-refractivity contribution is 6.01. The quantitative estimate of drug-likeness (QED) is 0.204. The van der Waals surface area contributed by atoms with Crippen LogP contribution in [-0.2, 0) is 14.3 Å². The van der Waals surface area contributed by atoms with Gasteiger partial charge in [-0.3, -0.25) is 9.59 Å². The van der Waals surface area contributed by atoms with Gasteiger partial charge < -0.3 is 9.47 Å². The minimum absolute atomic E-state index is 0.352. The van der Waals surface area contributed by atoms with Gasteiger partial charge in [-0.2, -0.15) is 0 Å². The molecule has 0 saturated carbocycles. The molecule has 0 aliphatic rings. The third-order valence-electron chi connectivity index (χ3n) is 5.40. The van der Waals surface area contributed by atoms with E-state index in [2.05, 4.69) is 6.92 Å². The molecule has 2 rings (SSSR count). The van der Waals surface area contributed by atoms with Crippen LogP contribution in [0.15, 0.2) is 42.5 Å². The second-order valence-corrected chi connectivity index (χ2v) is 7.24. The predicted octanol–water partition coefficient (Wildman–Crippen LogP) is 6.07. The maximum absolute atomic E-state index is 12.9. The average molecular weight is 385 g/mol. The molecule has 0 atom stereocenters. The molecule has 0 N–H and O–H groups in total. The Morgan fingerprint density at radius 1 is 0.821 bits per heavy atom. The molecule has 0 amide bonds. The highest BCUT2D eigenvalue weighted by Gasteiger charge is 2.46. The zero-order chi connectivity index (χ0) is 20.4. The Bertz CT molecular complexity index is 777. The van der Waals surface area contributed by atoms with Crippen LogP contribution < -0.4 is 4.74 Å². The average Bonchev–Trinajstić information content (AvgIpc) is 2.72. The normalized spacial score (nSPS) is 11.4. The van der Waals surface area contributed by atoms with Gasteiger partial charge in [-0.1, -0.05) is 76.8 Å². The lowest BCUT2D eigenvalue weighted by molar-refractivity contribution is -0.168. The molecule has 0 unspecified atom stereocenters. The molecule has 0 radical (unpaired) electrons. The summed E-state index contributed by atoms with van der Waals surface area (Å²) >= 11 is 0. The van der Waals surface area contributed by atoms with E-state index in [1.165, 1.54) is 12.8 Å². The Morgan fingerprint density at radius 2 is 1.50 bits per heavy atom. The molecule has 0 bridgehead atoms. The van der Waals surface area contributed by atoms with Crippen molar-refractivity contribution in [1.29, 1.82) is 0 Å². The molecule has 28 heavy (non-hydrogen) atoms. The van der Waals surface area contributed by atoms with E-state index in [-0.39, 0.29) is 0 Å². The monoisotopic (exact) mass is 384 g/mol. The fourth-order valence-electron chi connectivity index (χ4n) is 3.35. The smallest absolute Gasteiger partial charge is 0.328 e. The third-order valence-corrected chi connectivity index (χ3v) is 5.40. The van der Waals surface area contributed by atoms with Crippen molar-refractivity contribution >= 4 is 22.7 Å². The van der Waals surface area contributed by atoms with Gasteiger partial charge in [0.1, 0.15) is 5.75 Å². The van der Waals surface area contributed by atoms with E-state index in [4.69, 9.17) is 9.47 Å². The van der Waals surface area contributed by atoms with Gasteiger partial charge in [0.25, 0.3) is 0 Å². The Labute approximate surface area is 168 Å². The lowest BCUT2D eigenvalue weighted by Gasteiger charge is -2.26. The standard InChI is InChI=1S/C24H32O4/c1-4-7-8-9-12-17-27-22(25)24(5-2,6-3)23(26)28-21-16-15-19-13-10-11-14-20(19)18-21/h10-11,13-16,18H,4-9,12,17H2,1-3H3. The fourth-order valence-corrected chi connectivity index (χ4v) is 3.35. The summed E-state index contributed by atoms with van der Waals surface area (Å²) in [6.07, 6.45) is 6.08. The molecule has 0 aliphatic heterocycles. The number of fused-ring (bicyclic) bond motifs is 1. The van der Waals surface area contributed by atoms with Crippen molar-refractivity contribution in [1.82, 2.24) is 0 Å². The number of hydrogen-bond donors (Lipinski definition) is 0. The van der Waals surface area contributed by atoms with Crippen molar-refractivity contribution in [3.05, 3.63) is 42.5 Å². The molecule has 0 fully saturated rings. The first-order valence-corrected chi connectivity index (χ1v) is 10.5. The van der Waals surface area contributed by atoms with E-state index in [0.29, 0.717) is 25.2 Å². The van der Waals surface area contributed by atoms with Crippen LogP contribution in [0.4, 0.5) is 0 Å². The van der Waals surface area contributed by atoms with Gasteiger partial charge in [-0.05, 0) is 42.2 Å². The lowest BCUT2D eigenvalue weighted by atomic mass is 9.82. The molecule has 2 aromatic carbocycles.